The van der Waals surface area contributed by atoms with Gasteiger partial charge in [-0.2, -0.15) is 9.78 Å². The van der Waals surface area contributed by atoms with Gasteiger partial charge in [0.25, 0.3) is 16.4 Å². The summed E-state index contributed by atoms with van der Waals surface area (Å²) in [6.07, 6.45) is 6.93. The Morgan fingerprint density at radius 1 is 0.953 bits per heavy atom. The van der Waals surface area contributed by atoms with Gasteiger partial charge in [0.2, 0.25) is 11.7 Å². The molecule has 0 unspecified atom stereocenters. The van der Waals surface area contributed by atoms with Crippen molar-refractivity contribution < 1.29 is 23.9 Å². The molecule has 4 amide bonds. The zero-order valence-electron chi connectivity index (χ0n) is 24.1. The molecule has 14 heteroatoms. The van der Waals surface area contributed by atoms with E-state index in [4.69, 9.17) is 4.74 Å². The lowest BCUT2D eigenvalue weighted by Gasteiger charge is -2.38. The van der Waals surface area contributed by atoms with Crippen LogP contribution in [0.5, 0.6) is 5.75 Å². The Hall–Kier alpha value is -3.52. The minimum Gasteiger partial charge on any atom is -0.486 e. The highest BCUT2D eigenvalue weighted by molar-refractivity contribution is 8.14. The van der Waals surface area contributed by atoms with Crippen molar-refractivity contribution in [2.45, 2.75) is 51.1 Å². The molecule has 3 aliphatic heterocycles. The average Bonchev–Trinajstić information content (AvgIpc) is 3.64. The van der Waals surface area contributed by atoms with Crippen molar-refractivity contribution in [2.24, 2.45) is 0 Å². The summed E-state index contributed by atoms with van der Waals surface area (Å²) in [7, 11) is 0. The number of anilines is 1. The number of hydrogen-bond donors (Lipinski definition) is 1. The van der Waals surface area contributed by atoms with Gasteiger partial charge in [-0.15, -0.1) is 0 Å². The lowest BCUT2D eigenvalue weighted by molar-refractivity contribution is -0.142. The van der Waals surface area contributed by atoms with E-state index < -0.39 is 23.2 Å². The van der Waals surface area contributed by atoms with Gasteiger partial charge in [-0.25, -0.2) is 0 Å². The first-order chi connectivity index (χ1) is 20.9. The smallest absolute Gasteiger partial charge is 0.316 e. The Labute approximate surface area is 258 Å². The van der Waals surface area contributed by atoms with E-state index in [1.807, 2.05) is 35.2 Å². The standard InChI is InChI=1S/C29H36N6O6S2/c1-2-3-4-5-9-16-41-24-22(17-30-35(27(24)38)20-10-7-6-8-11-20)32-12-14-33(15-13-32)26(37)23-19-43-29(40)34(23)25(36)21-18-42-28(39)31-21/h6-8,10-11,17,21,23H,2-5,9,12-16,18-19H2,1H3,(H,31,39)/t21-,23-/m0/s1. The highest BCUT2D eigenvalue weighted by Gasteiger charge is 2.46. The maximum absolute atomic E-state index is 13.6. The average molecular weight is 629 g/mol. The molecule has 1 aromatic heterocycles. The highest BCUT2D eigenvalue weighted by Crippen LogP contribution is 2.30. The number of hydrogen-bond acceptors (Lipinski definition) is 10. The van der Waals surface area contributed by atoms with Gasteiger partial charge in [0, 0.05) is 37.7 Å². The number of nitrogens with one attached hydrogen (secondary N) is 1. The van der Waals surface area contributed by atoms with Crippen LogP contribution in [0.1, 0.15) is 39.0 Å². The SMILES string of the molecule is CCCCCCCOc1c(N2CCN(C(=O)[C@@H]3CSC(=O)N3C(=O)[C@@H]3CSC(=O)N3)CC2)cnn(-c2ccccc2)c1=O. The number of piperazine rings is 1. The largest absolute Gasteiger partial charge is 0.486 e. The third kappa shape index (κ3) is 7.01. The summed E-state index contributed by atoms with van der Waals surface area (Å²) in [4.78, 5) is 68.9. The van der Waals surface area contributed by atoms with Gasteiger partial charge in [-0.1, -0.05) is 74.3 Å². The Bertz CT molecular complexity index is 1400. The summed E-state index contributed by atoms with van der Waals surface area (Å²) >= 11 is 1.92. The molecule has 0 spiro atoms. The summed E-state index contributed by atoms with van der Waals surface area (Å²) < 4.78 is 7.45. The van der Waals surface area contributed by atoms with Crippen LogP contribution < -0.4 is 20.5 Å². The summed E-state index contributed by atoms with van der Waals surface area (Å²) in [6.45, 7) is 4.10. The molecule has 12 nitrogen and oxygen atoms in total. The molecule has 1 N–H and O–H groups in total. The second kappa shape index (κ2) is 14.3. The van der Waals surface area contributed by atoms with Gasteiger partial charge in [0.05, 0.1) is 18.5 Å². The quantitative estimate of drug-likeness (QED) is 0.370. The maximum Gasteiger partial charge on any atom is 0.316 e. The molecule has 0 aliphatic carbocycles. The number of para-hydroxylation sites is 1. The molecule has 230 valence electrons. The molecule has 3 fully saturated rings. The van der Waals surface area contributed by atoms with E-state index in [9.17, 15) is 24.0 Å². The van der Waals surface area contributed by atoms with E-state index in [1.165, 1.54) is 11.1 Å². The summed E-state index contributed by atoms with van der Waals surface area (Å²) in [5, 5.41) is 6.20. The predicted molar refractivity (Wildman–Crippen MR) is 166 cm³/mol. The minimum absolute atomic E-state index is 0.176. The van der Waals surface area contributed by atoms with Crippen molar-refractivity contribution in [3.63, 3.8) is 0 Å². The van der Waals surface area contributed by atoms with E-state index in [2.05, 4.69) is 17.3 Å². The van der Waals surface area contributed by atoms with Crippen LogP contribution in [-0.2, 0) is 9.59 Å². The molecular weight excluding hydrogens is 592 g/mol. The van der Waals surface area contributed by atoms with Gasteiger partial charge in [-0.3, -0.25) is 28.9 Å². The molecule has 0 radical (unpaired) electrons. The minimum atomic E-state index is -0.915. The van der Waals surface area contributed by atoms with Crippen LogP contribution in [0, 0.1) is 0 Å². The number of rotatable bonds is 11. The number of nitrogens with zero attached hydrogens (tertiary/aromatic N) is 5. The van der Waals surface area contributed by atoms with E-state index in [1.54, 1.807) is 11.1 Å². The Morgan fingerprint density at radius 2 is 1.70 bits per heavy atom. The van der Waals surface area contributed by atoms with Crippen molar-refractivity contribution in [1.29, 1.82) is 0 Å². The molecule has 3 aliphatic rings. The number of amides is 4. The summed E-state index contributed by atoms with van der Waals surface area (Å²) in [5.74, 6) is -0.210. The summed E-state index contributed by atoms with van der Waals surface area (Å²) in [6, 6.07) is 7.45. The second-order valence-corrected chi connectivity index (χ2v) is 12.5. The number of thioether (sulfide) groups is 2. The van der Waals surface area contributed by atoms with E-state index in [0.717, 1.165) is 54.1 Å². The molecule has 2 atom stereocenters. The van der Waals surface area contributed by atoms with Gasteiger partial charge >= 0.3 is 5.56 Å². The fraction of sp³-hybridized carbons (Fsp3) is 0.517. The van der Waals surface area contributed by atoms with Crippen molar-refractivity contribution >= 4 is 51.5 Å². The van der Waals surface area contributed by atoms with Gasteiger partial charge in [-0.05, 0) is 18.6 Å². The van der Waals surface area contributed by atoms with Crippen molar-refractivity contribution in [3.8, 4) is 11.4 Å². The van der Waals surface area contributed by atoms with Crippen LogP contribution in [0.3, 0.4) is 0 Å². The molecule has 0 saturated carbocycles. The van der Waals surface area contributed by atoms with Crippen molar-refractivity contribution in [1.82, 2.24) is 24.9 Å². The van der Waals surface area contributed by atoms with Crippen LogP contribution in [0.25, 0.3) is 5.69 Å². The third-order valence-corrected chi connectivity index (χ3v) is 9.51. The first-order valence-electron chi connectivity index (χ1n) is 14.7. The zero-order valence-corrected chi connectivity index (χ0v) is 25.7. The molecule has 4 heterocycles. The van der Waals surface area contributed by atoms with E-state index >= 15 is 0 Å². The van der Waals surface area contributed by atoms with E-state index in [0.29, 0.717) is 44.2 Å². The lowest BCUT2D eigenvalue weighted by Crippen LogP contribution is -2.57. The maximum atomic E-state index is 13.6. The fourth-order valence-electron chi connectivity index (χ4n) is 5.33. The number of benzene rings is 1. The molecule has 3 saturated heterocycles. The number of ether oxygens (including phenoxy) is 1. The predicted octanol–water partition coefficient (Wildman–Crippen LogP) is 3.12. The Kier molecular flexibility index (Phi) is 10.3. The molecular formula is C29H36N6O6S2. The molecule has 2 aromatic rings. The first-order valence-corrected chi connectivity index (χ1v) is 16.6. The zero-order chi connectivity index (χ0) is 30.3. The number of unbranched alkanes of at least 4 members (excludes halogenated alkanes) is 4. The number of carbonyl (C=O) groups excluding carboxylic acids is 4. The van der Waals surface area contributed by atoms with Crippen LogP contribution in [0.15, 0.2) is 41.3 Å². The van der Waals surface area contributed by atoms with Gasteiger partial charge < -0.3 is 19.9 Å². The van der Waals surface area contributed by atoms with Crippen LogP contribution in [0.2, 0.25) is 0 Å². The first kappa shape index (κ1) is 30.9. The Morgan fingerprint density at radius 3 is 2.40 bits per heavy atom. The molecule has 5 rings (SSSR count). The van der Waals surface area contributed by atoms with Crippen molar-refractivity contribution in [3.05, 3.63) is 46.9 Å². The number of aromatic nitrogens is 2. The molecule has 0 bridgehead atoms. The fourth-order valence-corrected chi connectivity index (χ4v) is 7.05. The lowest BCUT2D eigenvalue weighted by atomic mass is 10.1. The van der Waals surface area contributed by atoms with Crippen LogP contribution in [-0.4, -0.2) is 98.2 Å². The second-order valence-electron chi connectivity index (χ2n) is 10.6. The van der Waals surface area contributed by atoms with E-state index in [-0.39, 0.29) is 34.0 Å². The molecule has 43 heavy (non-hydrogen) atoms. The topological polar surface area (TPSA) is 134 Å². The summed E-state index contributed by atoms with van der Waals surface area (Å²) in [5.41, 5.74) is 0.875. The highest BCUT2D eigenvalue weighted by atomic mass is 32.2. The van der Waals surface area contributed by atoms with Crippen LogP contribution in [0.4, 0.5) is 15.3 Å². The normalized spacial score (nSPS) is 20.4. The van der Waals surface area contributed by atoms with Crippen LogP contribution >= 0.6 is 23.5 Å². The number of imide groups is 1. The van der Waals surface area contributed by atoms with Gasteiger partial charge in [0.1, 0.15) is 17.8 Å². The monoisotopic (exact) mass is 628 g/mol. The molecule has 1 aromatic carbocycles. The van der Waals surface area contributed by atoms with Crippen molar-refractivity contribution in [2.75, 3.05) is 49.2 Å². The third-order valence-electron chi connectivity index (χ3n) is 7.71. The Balaban J connectivity index is 1.27. The van der Waals surface area contributed by atoms with Gasteiger partial charge in [0.15, 0.2) is 0 Å². The number of carbonyl (C=O) groups is 4.